The number of hydrogen-bond donors (Lipinski definition) is 1. The Kier molecular flexibility index (Phi) is 3.87. The summed E-state index contributed by atoms with van der Waals surface area (Å²) in [6, 6.07) is 0.335. The molecule has 7 nitrogen and oxygen atoms in total. The average Bonchev–Trinajstić information content (AvgIpc) is 3.16. The summed E-state index contributed by atoms with van der Waals surface area (Å²) >= 11 is 1.34. The lowest BCUT2D eigenvalue weighted by Gasteiger charge is -2.32. The fourth-order valence-corrected chi connectivity index (χ4v) is 3.43. The van der Waals surface area contributed by atoms with Crippen LogP contribution in [0.2, 0.25) is 0 Å². The minimum atomic E-state index is 0.0719. The Balaban J connectivity index is 1.69. The summed E-state index contributed by atoms with van der Waals surface area (Å²) in [5.74, 6) is 0.0719. The molecule has 0 aliphatic carbocycles. The summed E-state index contributed by atoms with van der Waals surface area (Å²) in [5.41, 5.74) is 1.51. The van der Waals surface area contributed by atoms with Gasteiger partial charge >= 0.3 is 0 Å². The number of likely N-dealkylation sites (tertiary alicyclic amines) is 1. The van der Waals surface area contributed by atoms with Crippen LogP contribution in [-0.2, 0) is 0 Å². The number of anilines is 1. The number of amides is 1. The van der Waals surface area contributed by atoms with Crippen LogP contribution in [0.25, 0.3) is 0 Å². The van der Waals surface area contributed by atoms with E-state index in [4.69, 9.17) is 0 Å². The summed E-state index contributed by atoms with van der Waals surface area (Å²) < 4.78 is 6.16. The second-order valence-electron chi connectivity index (χ2n) is 5.13. The highest BCUT2D eigenvalue weighted by Crippen LogP contribution is 2.28. The second kappa shape index (κ2) is 5.80. The van der Waals surface area contributed by atoms with E-state index in [-0.39, 0.29) is 5.91 Å². The molecule has 1 saturated heterocycles. The summed E-state index contributed by atoms with van der Waals surface area (Å²) in [5, 5.41) is 11.8. The Bertz CT molecular complexity index is 615. The summed E-state index contributed by atoms with van der Waals surface area (Å²) in [6.45, 7) is 3.36. The molecule has 1 aliphatic heterocycles. The highest BCUT2D eigenvalue weighted by atomic mass is 32.1. The maximum absolute atomic E-state index is 12.7. The zero-order valence-corrected chi connectivity index (χ0v) is 12.9. The van der Waals surface area contributed by atoms with Crippen LogP contribution in [0, 0.1) is 6.92 Å². The summed E-state index contributed by atoms with van der Waals surface area (Å²) in [7, 11) is 1.82. The van der Waals surface area contributed by atoms with Gasteiger partial charge in [-0.05, 0) is 31.3 Å². The molecule has 112 valence electrons. The first-order chi connectivity index (χ1) is 10.2. The minimum absolute atomic E-state index is 0.0719. The van der Waals surface area contributed by atoms with Gasteiger partial charge < -0.3 is 10.2 Å². The van der Waals surface area contributed by atoms with Crippen LogP contribution in [0.4, 0.5) is 5.00 Å². The van der Waals surface area contributed by atoms with E-state index in [0.717, 1.165) is 36.6 Å². The highest BCUT2D eigenvalue weighted by Gasteiger charge is 2.28. The third kappa shape index (κ3) is 2.63. The van der Waals surface area contributed by atoms with Gasteiger partial charge in [0, 0.05) is 26.3 Å². The molecular formula is C13H18N6OS. The normalized spacial score (nSPS) is 16.2. The average molecular weight is 306 g/mol. The molecule has 2 aromatic rings. The summed E-state index contributed by atoms with van der Waals surface area (Å²) in [6.07, 6.45) is 5.38. The van der Waals surface area contributed by atoms with Crippen molar-refractivity contribution in [3.63, 3.8) is 0 Å². The van der Waals surface area contributed by atoms with Gasteiger partial charge in [0.25, 0.3) is 5.91 Å². The number of carbonyl (C=O) groups is 1. The monoisotopic (exact) mass is 306 g/mol. The maximum Gasteiger partial charge on any atom is 0.258 e. The zero-order chi connectivity index (χ0) is 14.8. The van der Waals surface area contributed by atoms with Gasteiger partial charge in [0.15, 0.2) is 0 Å². The fraction of sp³-hybridized carbons (Fsp3) is 0.538. The number of aromatic nitrogens is 4. The Hall–Kier alpha value is -1.96. The van der Waals surface area contributed by atoms with Crippen LogP contribution in [0.3, 0.4) is 0 Å². The highest BCUT2D eigenvalue weighted by molar-refractivity contribution is 7.10. The molecule has 21 heavy (non-hydrogen) atoms. The van der Waals surface area contributed by atoms with Gasteiger partial charge in [-0.2, -0.15) is 4.37 Å². The smallest absolute Gasteiger partial charge is 0.258 e. The van der Waals surface area contributed by atoms with Crippen LogP contribution in [0.5, 0.6) is 0 Å². The maximum atomic E-state index is 12.7. The van der Waals surface area contributed by atoms with Gasteiger partial charge in [-0.3, -0.25) is 4.79 Å². The molecule has 1 aliphatic rings. The summed E-state index contributed by atoms with van der Waals surface area (Å²) in [4.78, 5) is 14.6. The van der Waals surface area contributed by atoms with E-state index in [0.29, 0.717) is 11.6 Å². The quantitative estimate of drug-likeness (QED) is 0.931. The fourth-order valence-electron chi connectivity index (χ4n) is 2.70. The number of nitrogens with zero attached hydrogens (tertiary/aromatic N) is 5. The van der Waals surface area contributed by atoms with E-state index < -0.39 is 0 Å². The van der Waals surface area contributed by atoms with Crippen molar-refractivity contribution in [3.05, 3.63) is 23.7 Å². The lowest BCUT2D eigenvalue weighted by molar-refractivity contribution is 0.0689. The van der Waals surface area contributed by atoms with Crippen LogP contribution in [0.15, 0.2) is 12.4 Å². The van der Waals surface area contributed by atoms with Gasteiger partial charge in [-0.25, -0.2) is 4.68 Å². The molecule has 0 saturated carbocycles. The van der Waals surface area contributed by atoms with Gasteiger partial charge in [0.2, 0.25) is 0 Å². The van der Waals surface area contributed by atoms with E-state index in [1.54, 1.807) is 6.20 Å². The molecule has 8 heteroatoms. The van der Waals surface area contributed by atoms with Gasteiger partial charge in [0.1, 0.15) is 5.00 Å². The van der Waals surface area contributed by atoms with E-state index in [1.165, 1.54) is 11.5 Å². The van der Waals surface area contributed by atoms with E-state index in [2.05, 4.69) is 20.0 Å². The van der Waals surface area contributed by atoms with Crippen molar-refractivity contribution in [3.8, 4) is 0 Å². The molecule has 3 rings (SSSR count). The van der Waals surface area contributed by atoms with Crippen molar-refractivity contribution in [2.75, 3.05) is 25.5 Å². The molecule has 0 unspecified atom stereocenters. The first kappa shape index (κ1) is 14.0. The molecular weight excluding hydrogens is 288 g/mol. The molecule has 0 aromatic carbocycles. The van der Waals surface area contributed by atoms with Crippen LogP contribution >= 0.6 is 11.5 Å². The van der Waals surface area contributed by atoms with Crippen molar-refractivity contribution < 1.29 is 4.79 Å². The number of nitrogens with one attached hydrogen (secondary N) is 1. The Labute approximate surface area is 127 Å². The van der Waals surface area contributed by atoms with Crippen molar-refractivity contribution >= 4 is 22.4 Å². The largest absolute Gasteiger partial charge is 0.378 e. The number of piperidine rings is 1. The van der Waals surface area contributed by atoms with Crippen molar-refractivity contribution in [1.82, 2.24) is 24.3 Å². The van der Waals surface area contributed by atoms with E-state index >= 15 is 0 Å². The molecule has 1 fully saturated rings. The van der Waals surface area contributed by atoms with Crippen molar-refractivity contribution in [2.45, 2.75) is 25.8 Å². The lowest BCUT2D eigenvalue weighted by Crippen LogP contribution is -2.39. The molecule has 0 radical (unpaired) electrons. The predicted octanol–water partition coefficient (Wildman–Crippen LogP) is 1.56. The Morgan fingerprint density at radius 3 is 2.81 bits per heavy atom. The molecule has 0 atom stereocenters. The molecule has 1 N–H and O–H groups in total. The van der Waals surface area contributed by atoms with E-state index in [1.807, 2.05) is 29.7 Å². The molecule has 2 aromatic heterocycles. The first-order valence-electron chi connectivity index (χ1n) is 6.99. The number of aryl methyl sites for hydroxylation is 1. The van der Waals surface area contributed by atoms with Gasteiger partial charge in [0.05, 0.1) is 23.5 Å². The van der Waals surface area contributed by atoms with Crippen molar-refractivity contribution in [1.29, 1.82) is 0 Å². The molecule has 3 heterocycles. The van der Waals surface area contributed by atoms with Crippen LogP contribution < -0.4 is 5.32 Å². The third-order valence-corrected chi connectivity index (χ3v) is 4.83. The molecule has 0 spiro atoms. The van der Waals surface area contributed by atoms with Crippen molar-refractivity contribution in [2.24, 2.45) is 0 Å². The molecule has 1 amide bonds. The van der Waals surface area contributed by atoms with Crippen LogP contribution in [-0.4, -0.2) is 50.3 Å². The standard InChI is InChI=1S/C13H18N6OS/c1-9-11(12(14-2)21-16-9)13(20)18-6-3-10(4-7-18)19-8-5-15-17-19/h5,8,10,14H,3-4,6-7H2,1-2H3. The zero-order valence-electron chi connectivity index (χ0n) is 12.1. The van der Waals surface area contributed by atoms with Gasteiger partial charge in [-0.15, -0.1) is 5.10 Å². The first-order valence-corrected chi connectivity index (χ1v) is 7.77. The third-order valence-electron chi connectivity index (χ3n) is 3.87. The number of hydrogen-bond acceptors (Lipinski definition) is 6. The molecule has 0 bridgehead atoms. The number of carbonyl (C=O) groups excluding carboxylic acids is 1. The number of rotatable bonds is 3. The second-order valence-corrected chi connectivity index (χ2v) is 5.90. The topological polar surface area (TPSA) is 75.9 Å². The van der Waals surface area contributed by atoms with E-state index in [9.17, 15) is 4.79 Å². The van der Waals surface area contributed by atoms with Gasteiger partial charge in [-0.1, -0.05) is 5.21 Å². The lowest BCUT2D eigenvalue weighted by atomic mass is 10.0. The predicted molar refractivity (Wildman–Crippen MR) is 80.6 cm³/mol. The minimum Gasteiger partial charge on any atom is -0.378 e. The van der Waals surface area contributed by atoms with Crippen LogP contribution in [0.1, 0.15) is 34.9 Å². The Morgan fingerprint density at radius 1 is 1.43 bits per heavy atom. The SMILES string of the molecule is CNc1snc(C)c1C(=O)N1CCC(n2ccnn2)CC1. The Morgan fingerprint density at radius 2 is 2.19 bits per heavy atom.